The van der Waals surface area contributed by atoms with E-state index in [0.717, 1.165) is 12.8 Å². The molecule has 0 N–H and O–H groups in total. The molecule has 0 fully saturated rings. The molecule has 2 rings (SSSR count). The van der Waals surface area contributed by atoms with E-state index in [9.17, 15) is 4.39 Å². The van der Waals surface area contributed by atoms with Gasteiger partial charge in [-0.2, -0.15) is 0 Å². The fourth-order valence-corrected chi connectivity index (χ4v) is 1.43. The van der Waals surface area contributed by atoms with Crippen LogP contribution < -0.4 is 4.74 Å². The van der Waals surface area contributed by atoms with Gasteiger partial charge < -0.3 is 9.47 Å². The third-order valence-electron chi connectivity index (χ3n) is 2.27. The van der Waals surface area contributed by atoms with Gasteiger partial charge in [-0.1, -0.05) is 0 Å². The lowest BCUT2D eigenvalue weighted by Gasteiger charge is -2.19. The van der Waals surface area contributed by atoms with Crippen LogP contribution in [0.4, 0.5) is 4.39 Å². The summed E-state index contributed by atoms with van der Waals surface area (Å²) in [4.78, 5) is 0. The highest BCUT2D eigenvalue weighted by Gasteiger charge is 2.11. The molecule has 0 aliphatic carbocycles. The zero-order valence-electron chi connectivity index (χ0n) is 8.36. The molecule has 0 spiro atoms. The summed E-state index contributed by atoms with van der Waals surface area (Å²) in [5.41, 5.74) is 0. The second-order valence-corrected chi connectivity index (χ2v) is 3.47. The molecular formula is C12H13FO2. The largest absolute Gasteiger partial charge is 0.495 e. The number of allylic oxidation sites excluding steroid dienone is 1. The van der Waals surface area contributed by atoms with Crippen LogP contribution >= 0.6 is 0 Å². The van der Waals surface area contributed by atoms with E-state index in [0.29, 0.717) is 12.4 Å². The van der Waals surface area contributed by atoms with Gasteiger partial charge in [0.2, 0.25) is 0 Å². The summed E-state index contributed by atoms with van der Waals surface area (Å²) in [5.74, 6) is 0.425. The number of ether oxygens (including phenoxy) is 2. The van der Waals surface area contributed by atoms with Crippen molar-refractivity contribution >= 4 is 0 Å². The predicted molar refractivity (Wildman–Crippen MR) is 55.1 cm³/mol. The van der Waals surface area contributed by atoms with Gasteiger partial charge in [-0.15, -0.1) is 0 Å². The maximum atomic E-state index is 12.6. The van der Waals surface area contributed by atoms with E-state index >= 15 is 0 Å². The van der Waals surface area contributed by atoms with E-state index in [2.05, 4.69) is 0 Å². The van der Waals surface area contributed by atoms with Crippen molar-refractivity contribution in [3.8, 4) is 5.75 Å². The first-order valence-corrected chi connectivity index (χ1v) is 5.03. The van der Waals surface area contributed by atoms with Crippen LogP contribution in [0.5, 0.6) is 5.75 Å². The summed E-state index contributed by atoms with van der Waals surface area (Å²) in [6.07, 6.45) is 5.81. The summed E-state index contributed by atoms with van der Waals surface area (Å²) in [6.45, 7) is 0.510. The Morgan fingerprint density at radius 1 is 1.33 bits per heavy atom. The van der Waals surface area contributed by atoms with Crippen molar-refractivity contribution in [1.29, 1.82) is 0 Å². The molecule has 0 unspecified atom stereocenters. The molecule has 15 heavy (non-hydrogen) atoms. The van der Waals surface area contributed by atoms with Gasteiger partial charge in [0.15, 0.2) is 0 Å². The Kier molecular flexibility index (Phi) is 3.22. The van der Waals surface area contributed by atoms with Crippen molar-refractivity contribution in [1.82, 2.24) is 0 Å². The Morgan fingerprint density at radius 3 is 2.80 bits per heavy atom. The number of benzene rings is 1. The molecule has 1 heterocycles. The predicted octanol–water partition coefficient (Wildman–Crippen LogP) is 2.90. The summed E-state index contributed by atoms with van der Waals surface area (Å²) in [5, 5.41) is 0. The first-order chi connectivity index (χ1) is 7.34. The highest BCUT2D eigenvalue weighted by atomic mass is 19.1. The van der Waals surface area contributed by atoms with Gasteiger partial charge >= 0.3 is 0 Å². The van der Waals surface area contributed by atoms with Gasteiger partial charge in [0.05, 0.1) is 6.26 Å². The topological polar surface area (TPSA) is 18.5 Å². The maximum absolute atomic E-state index is 12.6. The van der Waals surface area contributed by atoms with Crippen molar-refractivity contribution in [2.75, 3.05) is 6.61 Å². The number of rotatable bonds is 3. The molecule has 1 atom stereocenters. The molecule has 1 aromatic rings. The van der Waals surface area contributed by atoms with Crippen molar-refractivity contribution in [2.24, 2.45) is 0 Å². The molecule has 3 heteroatoms. The van der Waals surface area contributed by atoms with Gasteiger partial charge in [0.1, 0.15) is 24.3 Å². The Balaban J connectivity index is 1.82. The SMILES string of the molecule is Fc1ccc(OC[C@@H]2CCC=CO2)cc1. The molecule has 0 saturated heterocycles. The Labute approximate surface area is 88.3 Å². The van der Waals surface area contributed by atoms with Crippen LogP contribution in [-0.2, 0) is 4.74 Å². The second-order valence-electron chi connectivity index (χ2n) is 3.47. The molecule has 1 aromatic carbocycles. The highest BCUT2D eigenvalue weighted by Crippen LogP contribution is 2.15. The summed E-state index contributed by atoms with van der Waals surface area (Å²) in [7, 11) is 0. The minimum absolute atomic E-state index is 0.111. The molecule has 0 amide bonds. The standard InChI is InChI=1S/C12H13FO2/c13-10-4-6-11(7-5-10)15-9-12-3-1-2-8-14-12/h2,4-8,12H,1,3,9H2/t12-/m0/s1. The number of hydrogen-bond donors (Lipinski definition) is 0. The molecular weight excluding hydrogens is 195 g/mol. The fourth-order valence-electron chi connectivity index (χ4n) is 1.43. The molecule has 0 bridgehead atoms. The quantitative estimate of drug-likeness (QED) is 0.760. The van der Waals surface area contributed by atoms with Gasteiger partial charge in [-0.3, -0.25) is 0 Å². The smallest absolute Gasteiger partial charge is 0.132 e. The average Bonchev–Trinajstić information content (AvgIpc) is 2.30. The maximum Gasteiger partial charge on any atom is 0.132 e. The van der Waals surface area contributed by atoms with Gasteiger partial charge in [0.25, 0.3) is 0 Å². The highest BCUT2D eigenvalue weighted by molar-refractivity contribution is 5.22. The van der Waals surface area contributed by atoms with Gasteiger partial charge in [-0.25, -0.2) is 4.39 Å². The molecule has 1 aliphatic heterocycles. The van der Waals surface area contributed by atoms with E-state index < -0.39 is 0 Å². The second kappa shape index (κ2) is 4.82. The van der Waals surface area contributed by atoms with E-state index in [4.69, 9.17) is 9.47 Å². The van der Waals surface area contributed by atoms with Crippen molar-refractivity contribution in [2.45, 2.75) is 18.9 Å². The van der Waals surface area contributed by atoms with Crippen molar-refractivity contribution in [3.05, 3.63) is 42.4 Å². The van der Waals surface area contributed by atoms with Crippen LogP contribution in [0.25, 0.3) is 0 Å². The number of halogens is 1. The summed E-state index contributed by atoms with van der Waals surface area (Å²) >= 11 is 0. The van der Waals surface area contributed by atoms with Crippen LogP contribution in [0, 0.1) is 5.82 Å². The zero-order valence-corrected chi connectivity index (χ0v) is 8.36. The average molecular weight is 208 g/mol. The molecule has 1 aliphatic rings. The minimum atomic E-state index is -0.251. The number of hydrogen-bond acceptors (Lipinski definition) is 2. The molecule has 0 radical (unpaired) electrons. The molecule has 2 nitrogen and oxygen atoms in total. The summed E-state index contributed by atoms with van der Waals surface area (Å²) < 4.78 is 23.4. The van der Waals surface area contributed by atoms with Crippen LogP contribution in [0.3, 0.4) is 0 Å². The fraction of sp³-hybridized carbons (Fsp3) is 0.333. The normalized spacial score (nSPS) is 19.7. The molecule has 0 saturated carbocycles. The third-order valence-corrected chi connectivity index (χ3v) is 2.27. The van der Waals surface area contributed by atoms with Crippen LogP contribution in [0.15, 0.2) is 36.6 Å². The Hall–Kier alpha value is -1.51. The van der Waals surface area contributed by atoms with Gasteiger partial charge in [-0.05, 0) is 43.2 Å². The third kappa shape index (κ3) is 2.98. The van der Waals surface area contributed by atoms with Crippen LogP contribution in [0.1, 0.15) is 12.8 Å². The van der Waals surface area contributed by atoms with Gasteiger partial charge in [0, 0.05) is 0 Å². The monoisotopic (exact) mass is 208 g/mol. The Morgan fingerprint density at radius 2 is 2.13 bits per heavy atom. The molecule has 80 valence electrons. The van der Waals surface area contributed by atoms with E-state index in [1.165, 1.54) is 12.1 Å². The zero-order chi connectivity index (χ0) is 10.5. The van der Waals surface area contributed by atoms with Crippen LogP contribution in [0.2, 0.25) is 0 Å². The van der Waals surface area contributed by atoms with E-state index in [1.54, 1.807) is 18.4 Å². The van der Waals surface area contributed by atoms with Crippen LogP contribution in [-0.4, -0.2) is 12.7 Å². The first-order valence-electron chi connectivity index (χ1n) is 5.03. The lowest BCUT2D eigenvalue weighted by Crippen LogP contribution is -2.21. The lowest BCUT2D eigenvalue weighted by molar-refractivity contribution is 0.0732. The van der Waals surface area contributed by atoms with E-state index in [1.807, 2.05) is 6.08 Å². The van der Waals surface area contributed by atoms with E-state index in [-0.39, 0.29) is 11.9 Å². The molecule has 0 aromatic heterocycles. The minimum Gasteiger partial charge on any atom is -0.495 e. The Bertz CT molecular complexity index is 332. The van der Waals surface area contributed by atoms with Crippen molar-refractivity contribution < 1.29 is 13.9 Å². The first kappa shape index (κ1) is 10.0. The lowest BCUT2D eigenvalue weighted by atomic mass is 10.2. The van der Waals surface area contributed by atoms with Crippen molar-refractivity contribution in [3.63, 3.8) is 0 Å². The summed E-state index contributed by atoms with van der Waals surface area (Å²) in [6, 6.07) is 6.01.